The lowest BCUT2D eigenvalue weighted by atomic mass is 10.0. The van der Waals surface area contributed by atoms with Crippen LogP contribution in [0.3, 0.4) is 0 Å². The Morgan fingerprint density at radius 3 is 2.56 bits per heavy atom. The zero-order valence-electron chi connectivity index (χ0n) is 21.7. The fourth-order valence-corrected chi connectivity index (χ4v) is 5.71. The van der Waals surface area contributed by atoms with Crippen LogP contribution in [0.4, 0.5) is 5.00 Å². The number of rotatable bonds is 11. The number of anilines is 1. The number of aryl methyl sites for hydroxylation is 2. The summed E-state index contributed by atoms with van der Waals surface area (Å²) < 4.78 is 12.8. The minimum absolute atomic E-state index is 0.0604. The van der Waals surface area contributed by atoms with Crippen molar-refractivity contribution in [1.29, 1.82) is 0 Å². The predicted molar refractivity (Wildman–Crippen MR) is 156 cm³/mol. The molecule has 0 saturated carbocycles. The maximum Gasteiger partial charge on any atom is 0.341 e. The third-order valence-electron chi connectivity index (χ3n) is 5.73. The van der Waals surface area contributed by atoms with Crippen molar-refractivity contribution >= 4 is 51.6 Å². The zero-order chi connectivity index (χ0) is 27.9. The topological polar surface area (TPSA) is 95.3 Å². The Hall–Kier alpha value is -3.60. The van der Waals surface area contributed by atoms with Gasteiger partial charge in [0.15, 0.2) is 11.0 Å². The zero-order valence-corrected chi connectivity index (χ0v) is 24.1. The average Bonchev–Trinajstić information content (AvgIpc) is 3.53. The number of thioether (sulfide) groups is 1. The third-order valence-corrected chi connectivity index (χ3v) is 8.19. The molecule has 4 rings (SSSR count). The third kappa shape index (κ3) is 6.70. The van der Waals surface area contributed by atoms with Crippen molar-refractivity contribution < 1.29 is 19.1 Å². The first-order valence-corrected chi connectivity index (χ1v) is 14.2. The molecule has 202 valence electrons. The molecule has 4 aromatic rings. The van der Waals surface area contributed by atoms with Crippen molar-refractivity contribution in [3.8, 4) is 16.9 Å². The van der Waals surface area contributed by atoms with Crippen molar-refractivity contribution in [3.63, 3.8) is 0 Å². The van der Waals surface area contributed by atoms with Crippen LogP contribution < -0.4 is 10.1 Å². The van der Waals surface area contributed by atoms with Crippen molar-refractivity contribution in [1.82, 2.24) is 14.8 Å². The van der Waals surface area contributed by atoms with E-state index in [-0.39, 0.29) is 18.3 Å². The highest BCUT2D eigenvalue weighted by molar-refractivity contribution is 7.99. The molecule has 2 aromatic heterocycles. The Balaban J connectivity index is 1.44. The standard InChI is InChI=1S/C28H27ClN4O4S2/c1-5-11-33-22(14-37-20-12-17(2)25(29)18(3)13-20)31-32-28(33)39-16-23(34)30-26-24(27(35)36-4)21(15-38-26)19-9-7-6-8-10-19/h5-10,12-13,15H,1,11,14,16H2,2-4H3,(H,30,34). The van der Waals surface area contributed by atoms with Crippen molar-refractivity contribution in [2.75, 3.05) is 18.2 Å². The highest BCUT2D eigenvalue weighted by Crippen LogP contribution is 2.36. The van der Waals surface area contributed by atoms with E-state index < -0.39 is 5.97 Å². The van der Waals surface area contributed by atoms with Crippen LogP contribution in [-0.2, 0) is 22.7 Å². The number of benzene rings is 2. The van der Waals surface area contributed by atoms with E-state index in [1.54, 1.807) is 6.08 Å². The summed E-state index contributed by atoms with van der Waals surface area (Å²) in [6.45, 7) is 8.31. The maximum absolute atomic E-state index is 12.9. The summed E-state index contributed by atoms with van der Waals surface area (Å²) in [7, 11) is 1.32. The van der Waals surface area contributed by atoms with Gasteiger partial charge in [-0.25, -0.2) is 4.79 Å². The Kier molecular flexibility index (Phi) is 9.45. The van der Waals surface area contributed by atoms with Crippen LogP contribution in [0.2, 0.25) is 5.02 Å². The number of thiophene rings is 1. The van der Waals surface area contributed by atoms with Gasteiger partial charge < -0.3 is 14.8 Å². The molecule has 0 radical (unpaired) electrons. The van der Waals surface area contributed by atoms with E-state index in [2.05, 4.69) is 22.1 Å². The highest BCUT2D eigenvalue weighted by atomic mass is 35.5. The van der Waals surface area contributed by atoms with Crippen LogP contribution in [0, 0.1) is 13.8 Å². The van der Waals surface area contributed by atoms with Crippen LogP contribution in [0.5, 0.6) is 5.75 Å². The van der Waals surface area contributed by atoms with Crippen LogP contribution in [-0.4, -0.2) is 39.5 Å². The van der Waals surface area contributed by atoms with E-state index in [4.69, 9.17) is 21.1 Å². The molecule has 0 aliphatic rings. The second kappa shape index (κ2) is 13.0. The number of ether oxygens (including phenoxy) is 2. The van der Waals surface area contributed by atoms with Gasteiger partial charge in [-0.05, 0) is 42.7 Å². The van der Waals surface area contributed by atoms with Crippen LogP contribution in [0.15, 0.2) is 65.7 Å². The SMILES string of the molecule is C=CCn1c(COc2cc(C)c(Cl)c(C)c2)nnc1SCC(=O)Nc1scc(-c2ccccc2)c1C(=O)OC. The van der Waals surface area contributed by atoms with Gasteiger partial charge in [-0.2, -0.15) is 0 Å². The van der Waals surface area contributed by atoms with Gasteiger partial charge in [0.2, 0.25) is 5.91 Å². The second-order valence-electron chi connectivity index (χ2n) is 8.51. The smallest absolute Gasteiger partial charge is 0.341 e. The van der Waals surface area contributed by atoms with Gasteiger partial charge in [-0.15, -0.1) is 28.1 Å². The number of nitrogens with zero attached hydrogens (tertiary/aromatic N) is 3. The highest BCUT2D eigenvalue weighted by Gasteiger charge is 2.23. The molecule has 39 heavy (non-hydrogen) atoms. The lowest BCUT2D eigenvalue weighted by molar-refractivity contribution is -0.113. The van der Waals surface area contributed by atoms with E-state index in [9.17, 15) is 9.59 Å². The van der Waals surface area contributed by atoms with E-state index in [1.807, 2.05) is 66.3 Å². The Morgan fingerprint density at radius 2 is 1.90 bits per heavy atom. The predicted octanol–water partition coefficient (Wildman–Crippen LogP) is 6.56. The molecule has 0 aliphatic heterocycles. The summed E-state index contributed by atoms with van der Waals surface area (Å²) in [5, 5.41) is 14.9. The minimum atomic E-state index is -0.514. The first-order valence-electron chi connectivity index (χ1n) is 11.9. The molecule has 2 heterocycles. The molecule has 8 nitrogen and oxygen atoms in total. The number of esters is 1. The normalized spacial score (nSPS) is 10.8. The number of allylic oxidation sites excluding steroid dienone is 1. The van der Waals surface area contributed by atoms with Crippen LogP contribution in [0.25, 0.3) is 11.1 Å². The van der Waals surface area contributed by atoms with Crippen molar-refractivity contribution in [2.24, 2.45) is 0 Å². The van der Waals surface area contributed by atoms with Gasteiger partial charge in [0, 0.05) is 22.5 Å². The lowest BCUT2D eigenvalue weighted by Crippen LogP contribution is -2.16. The molecule has 1 N–H and O–H groups in total. The van der Waals surface area contributed by atoms with Gasteiger partial charge in [0.05, 0.1) is 12.9 Å². The van der Waals surface area contributed by atoms with Gasteiger partial charge >= 0.3 is 5.97 Å². The van der Waals surface area contributed by atoms with E-state index >= 15 is 0 Å². The van der Waals surface area contributed by atoms with E-state index in [0.29, 0.717) is 44.4 Å². The fraction of sp³-hybridized carbons (Fsp3) is 0.214. The number of hydrogen-bond donors (Lipinski definition) is 1. The monoisotopic (exact) mass is 582 g/mol. The summed E-state index contributed by atoms with van der Waals surface area (Å²) in [6, 6.07) is 13.2. The molecule has 0 spiro atoms. The molecule has 0 aliphatic carbocycles. The van der Waals surface area contributed by atoms with E-state index in [0.717, 1.165) is 16.7 Å². The van der Waals surface area contributed by atoms with E-state index in [1.165, 1.54) is 30.2 Å². The van der Waals surface area contributed by atoms with Crippen LogP contribution >= 0.6 is 34.7 Å². The molecular weight excluding hydrogens is 556 g/mol. The van der Waals surface area contributed by atoms with Gasteiger partial charge in [-0.3, -0.25) is 9.36 Å². The lowest BCUT2D eigenvalue weighted by Gasteiger charge is -2.11. The first-order chi connectivity index (χ1) is 18.8. The number of methoxy groups -OCH3 is 1. The first kappa shape index (κ1) is 28.4. The number of nitrogens with one attached hydrogen (secondary N) is 1. The summed E-state index contributed by atoms with van der Waals surface area (Å²) in [4.78, 5) is 25.4. The Bertz CT molecular complexity index is 1480. The Labute approximate surface area is 240 Å². The molecule has 11 heteroatoms. The second-order valence-corrected chi connectivity index (χ2v) is 10.7. The molecular formula is C28H27ClN4O4S2. The summed E-state index contributed by atoms with van der Waals surface area (Å²) >= 11 is 8.76. The molecule has 1 amide bonds. The largest absolute Gasteiger partial charge is 0.486 e. The summed E-state index contributed by atoms with van der Waals surface area (Å²) in [5.41, 5.74) is 3.75. The average molecular weight is 583 g/mol. The summed E-state index contributed by atoms with van der Waals surface area (Å²) in [5.74, 6) is 0.541. The molecule has 0 saturated heterocycles. The maximum atomic E-state index is 12.9. The van der Waals surface area contributed by atoms with Crippen molar-refractivity contribution in [2.45, 2.75) is 32.2 Å². The van der Waals surface area contributed by atoms with Crippen LogP contribution in [0.1, 0.15) is 27.3 Å². The molecule has 0 atom stereocenters. The minimum Gasteiger partial charge on any atom is -0.486 e. The number of carbonyl (C=O) groups excluding carboxylic acids is 2. The Morgan fingerprint density at radius 1 is 1.18 bits per heavy atom. The quantitative estimate of drug-likeness (QED) is 0.122. The number of hydrogen-bond acceptors (Lipinski definition) is 8. The fourth-order valence-electron chi connectivity index (χ4n) is 3.86. The molecule has 2 aromatic carbocycles. The molecule has 0 bridgehead atoms. The summed E-state index contributed by atoms with van der Waals surface area (Å²) in [6.07, 6.45) is 1.73. The molecule has 0 unspecified atom stereocenters. The number of halogens is 1. The molecule has 0 fully saturated rings. The number of carbonyl (C=O) groups is 2. The van der Waals surface area contributed by atoms with Gasteiger partial charge in [0.25, 0.3) is 0 Å². The van der Waals surface area contributed by atoms with Gasteiger partial charge in [0.1, 0.15) is 22.9 Å². The number of amides is 1. The van der Waals surface area contributed by atoms with Crippen molar-refractivity contribution in [3.05, 3.63) is 88.0 Å². The number of aromatic nitrogens is 3. The van der Waals surface area contributed by atoms with Gasteiger partial charge in [-0.1, -0.05) is 59.8 Å².